The number of anilines is 4. The van der Waals surface area contributed by atoms with Gasteiger partial charge in [-0.2, -0.15) is 4.98 Å². The molecule has 1 spiro atoms. The Morgan fingerprint density at radius 3 is 2.48 bits per heavy atom. The Labute approximate surface area is 433 Å². The van der Waals surface area contributed by atoms with Crippen molar-refractivity contribution in [1.82, 2.24) is 19.8 Å². The number of nitro groups is 1. The lowest BCUT2D eigenvalue weighted by Gasteiger charge is -2.57. The topological polar surface area (TPSA) is 211 Å². The molecule has 21 heteroatoms. The first kappa shape index (κ1) is 49.7. The van der Waals surface area contributed by atoms with Crippen molar-refractivity contribution in [3.05, 3.63) is 93.7 Å². The zero-order chi connectivity index (χ0) is 52.0. The molecule has 12 rings (SSSR count). The quantitative estimate of drug-likeness (QED) is 0.0847. The molecule has 6 aliphatic heterocycles. The van der Waals surface area contributed by atoms with Crippen LogP contribution < -0.4 is 30.3 Å². The van der Waals surface area contributed by atoms with Crippen molar-refractivity contribution in [3.63, 3.8) is 0 Å². The Morgan fingerprint density at radius 2 is 1.72 bits per heavy atom. The summed E-state index contributed by atoms with van der Waals surface area (Å²) in [5.41, 5.74) is 9.68. The Hall–Kier alpha value is -6.13. The number of morpholine rings is 1. The average Bonchev–Trinajstić information content (AvgIpc) is 3.86. The number of carbonyl (C=O) groups excluding carboxylic acids is 1. The maximum Gasteiger partial charge on any atom is 0.297 e. The molecule has 1 saturated carbocycles. The predicted octanol–water partition coefficient (Wildman–Crippen LogP) is 7.94. The van der Waals surface area contributed by atoms with Crippen LogP contribution >= 0.6 is 0 Å². The van der Waals surface area contributed by atoms with Crippen LogP contribution in [0, 0.1) is 15.5 Å². The lowest BCUT2D eigenvalue weighted by atomic mass is 9.59. The summed E-state index contributed by atoms with van der Waals surface area (Å²) in [7, 11) is -4.85. The summed E-state index contributed by atoms with van der Waals surface area (Å²) in [6, 6.07) is 17.4. The summed E-state index contributed by atoms with van der Waals surface area (Å²) in [6.45, 7) is 8.70. The molecule has 75 heavy (non-hydrogen) atoms. The van der Waals surface area contributed by atoms with Gasteiger partial charge in [-0.05, 0) is 78.8 Å². The molecule has 398 valence electrons. The molecule has 18 nitrogen and oxygen atoms in total. The number of primary amides is 1. The number of amides is 1. The van der Waals surface area contributed by atoms with Gasteiger partial charge >= 0.3 is 0 Å². The average molecular weight is 1050 g/mol. The van der Waals surface area contributed by atoms with Crippen LogP contribution in [0.25, 0.3) is 11.0 Å². The number of hydrogen-bond acceptors (Lipinski definition) is 15. The number of nitrogens with zero attached hydrogens (tertiary/aromatic N) is 6. The van der Waals surface area contributed by atoms with Crippen LogP contribution in [0.2, 0.25) is 0 Å². The first-order chi connectivity index (χ1) is 36.1. The van der Waals surface area contributed by atoms with Crippen molar-refractivity contribution in [2.24, 2.45) is 11.1 Å². The van der Waals surface area contributed by atoms with E-state index < -0.39 is 55.4 Å². The van der Waals surface area contributed by atoms with Crippen LogP contribution in [0.4, 0.5) is 37.2 Å². The molecule has 4 atom stereocenters. The number of halogens is 2. The van der Waals surface area contributed by atoms with Gasteiger partial charge in [-0.25, -0.2) is 17.2 Å². The summed E-state index contributed by atoms with van der Waals surface area (Å²) >= 11 is 0. The fraction of sp³-hybridized carbons (Fsp3) is 0.519. The number of aromatic amines is 1. The van der Waals surface area contributed by atoms with Crippen molar-refractivity contribution in [1.29, 1.82) is 0 Å². The maximum absolute atomic E-state index is 16.2. The standard InChI is InChI=1S/C54H63F2N9O9S/c1-32(2)37-5-3-4-6-38(37)44-30-72-22-20-63(44)35-26-53(27-35)11-18-62(19-12-53)41-8-7-39(50(57)66)48(64-40-10-21-71-31-46(40)74-52-43(64)23-33-9-15-58-51(33)60-52)49(41)75(69,70)36-24-42(65(67)68)47-45(25-36)73-29-34(59-47)28-61-16-13-54(55,56)14-17-61/h3-9,15,23-25,32,34-35,40,44,46,59H,10-14,16-22,26-31H2,1-2H3,(H2,57,66)(H,58,60)/t34-,40+,44+,46+/m1/s1. The number of nitro benzene ring substituents is 1. The van der Waals surface area contributed by atoms with Crippen molar-refractivity contribution >= 4 is 55.2 Å². The minimum Gasteiger partial charge on any atom is -0.489 e. The minimum atomic E-state index is -4.85. The number of rotatable bonds is 11. The molecule has 1 aliphatic carbocycles. The molecular weight excluding hydrogens is 989 g/mol. The summed E-state index contributed by atoms with van der Waals surface area (Å²) in [6.07, 6.45) is 4.49. The Morgan fingerprint density at radius 1 is 0.947 bits per heavy atom. The van der Waals surface area contributed by atoms with E-state index in [1.54, 1.807) is 18.3 Å². The predicted molar refractivity (Wildman–Crippen MR) is 277 cm³/mol. The minimum absolute atomic E-state index is 0.00164. The number of carbonyl (C=O) groups is 1. The zero-order valence-electron chi connectivity index (χ0n) is 42.1. The number of alkyl halides is 2. The van der Waals surface area contributed by atoms with E-state index in [4.69, 9.17) is 29.7 Å². The molecule has 2 aromatic heterocycles. The van der Waals surface area contributed by atoms with E-state index >= 15 is 8.42 Å². The second-order valence-corrected chi connectivity index (χ2v) is 23.8. The highest BCUT2D eigenvalue weighted by molar-refractivity contribution is 7.91. The first-order valence-corrected chi connectivity index (χ1v) is 27.8. The molecule has 0 unspecified atom stereocenters. The maximum atomic E-state index is 16.2. The molecule has 7 aliphatic rings. The van der Waals surface area contributed by atoms with Gasteiger partial charge in [0.15, 0.2) is 11.4 Å². The summed E-state index contributed by atoms with van der Waals surface area (Å²) < 4.78 is 85.1. The van der Waals surface area contributed by atoms with Crippen molar-refractivity contribution in [3.8, 4) is 11.6 Å². The van der Waals surface area contributed by atoms with Crippen molar-refractivity contribution < 1.29 is 45.9 Å². The number of sulfone groups is 1. The number of pyridine rings is 1. The van der Waals surface area contributed by atoms with Gasteiger partial charge in [0.2, 0.25) is 15.7 Å². The van der Waals surface area contributed by atoms with E-state index in [1.165, 1.54) is 17.2 Å². The van der Waals surface area contributed by atoms with E-state index in [1.807, 2.05) is 21.9 Å². The highest BCUT2D eigenvalue weighted by Gasteiger charge is 2.51. The second kappa shape index (κ2) is 19.2. The Kier molecular flexibility index (Phi) is 12.7. The third-order valence-electron chi connectivity index (χ3n) is 17.0. The number of nitrogens with one attached hydrogen (secondary N) is 2. The second-order valence-electron chi connectivity index (χ2n) is 21.9. The van der Waals surface area contributed by atoms with Gasteiger partial charge in [-0.1, -0.05) is 38.1 Å². The zero-order valence-corrected chi connectivity index (χ0v) is 43.0. The van der Waals surface area contributed by atoms with Gasteiger partial charge < -0.3 is 49.7 Å². The fourth-order valence-corrected chi connectivity index (χ4v) is 14.8. The smallest absolute Gasteiger partial charge is 0.297 e. The number of fused-ring (bicyclic) bond motifs is 4. The lowest BCUT2D eigenvalue weighted by Crippen LogP contribution is -2.58. The van der Waals surface area contributed by atoms with Crippen LogP contribution in [0.15, 0.2) is 76.7 Å². The van der Waals surface area contributed by atoms with E-state index in [2.05, 4.69) is 58.2 Å². The van der Waals surface area contributed by atoms with Crippen molar-refractivity contribution in [2.75, 3.05) is 87.4 Å². The number of hydrogen-bond donors (Lipinski definition) is 3. The third kappa shape index (κ3) is 9.00. The fourth-order valence-electron chi connectivity index (χ4n) is 13.1. The molecule has 1 amide bonds. The van der Waals surface area contributed by atoms with Gasteiger partial charge in [-0.3, -0.25) is 19.8 Å². The highest BCUT2D eigenvalue weighted by Crippen LogP contribution is 2.56. The van der Waals surface area contributed by atoms with Crippen LogP contribution in [-0.2, 0) is 19.3 Å². The number of likely N-dealkylation sites (tertiary alicyclic amines) is 1. The van der Waals surface area contributed by atoms with E-state index in [-0.39, 0.29) is 90.6 Å². The molecule has 0 bridgehead atoms. The lowest BCUT2D eigenvalue weighted by molar-refractivity contribution is -0.384. The summed E-state index contributed by atoms with van der Waals surface area (Å²) in [5.74, 6) is -3.09. The molecule has 5 aromatic rings. The molecule has 8 heterocycles. The van der Waals surface area contributed by atoms with Crippen LogP contribution in [0.3, 0.4) is 0 Å². The molecule has 0 radical (unpaired) electrons. The summed E-state index contributed by atoms with van der Waals surface area (Å²) in [4.78, 5) is 42.0. The molecule has 3 aromatic carbocycles. The number of aromatic nitrogens is 2. The molecular formula is C54H63F2N9O9S. The van der Waals surface area contributed by atoms with Gasteiger partial charge in [-0.15, -0.1) is 0 Å². The summed E-state index contributed by atoms with van der Waals surface area (Å²) in [5, 5.41) is 17.0. The molecule has 4 saturated heterocycles. The number of nitrogens with two attached hydrogens (primary N) is 1. The van der Waals surface area contributed by atoms with Crippen LogP contribution in [-0.4, -0.2) is 141 Å². The molecule has 4 N–H and O–H groups in total. The van der Waals surface area contributed by atoms with E-state index in [9.17, 15) is 23.7 Å². The van der Waals surface area contributed by atoms with Gasteiger partial charge in [0, 0.05) is 88.5 Å². The number of H-pyrrole nitrogens is 1. The van der Waals surface area contributed by atoms with E-state index in [0.717, 1.165) is 38.3 Å². The number of benzene rings is 3. The third-order valence-corrected chi connectivity index (χ3v) is 18.8. The SMILES string of the molecule is CC(C)c1ccccc1[C@@H]1COCCN1C1CC2(CCN(c3ccc(C(N)=O)c(N4c5cc6cc[nH]c6nc5O[C@H]5COCC[C@@H]54)c3S(=O)(=O)c3cc4c(c([N+](=O)[O-])c3)N[C@H](CN3CCC(F)(F)CC3)CO4)CC2)C1. The van der Waals surface area contributed by atoms with Gasteiger partial charge in [0.1, 0.15) is 28.9 Å². The number of piperidine rings is 2. The Bertz CT molecular complexity index is 3150. The van der Waals surface area contributed by atoms with Gasteiger partial charge in [0.05, 0.1) is 64.7 Å². The molecule has 5 fully saturated rings. The highest BCUT2D eigenvalue weighted by atomic mass is 32.2. The number of ether oxygens (including phenoxy) is 4. The first-order valence-electron chi connectivity index (χ1n) is 26.3. The largest absolute Gasteiger partial charge is 0.489 e. The normalized spacial score (nSPS) is 24.9. The Balaban J connectivity index is 0.928. The monoisotopic (exact) mass is 1050 g/mol. The van der Waals surface area contributed by atoms with Crippen LogP contribution in [0.5, 0.6) is 11.6 Å². The van der Waals surface area contributed by atoms with E-state index in [0.29, 0.717) is 73.7 Å². The van der Waals surface area contributed by atoms with Crippen LogP contribution in [0.1, 0.15) is 92.2 Å². The van der Waals surface area contributed by atoms with Gasteiger partial charge in [0.25, 0.3) is 17.5 Å². The van der Waals surface area contributed by atoms with Crippen molar-refractivity contribution in [2.45, 2.75) is 111 Å².